The van der Waals surface area contributed by atoms with Crippen LogP contribution in [0.15, 0.2) is 28.6 Å². The lowest BCUT2D eigenvalue weighted by atomic mass is 10.3. The lowest BCUT2D eigenvalue weighted by molar-refractivity contribution is 0.342. The molecule has 10 heavy (non-hydrogen) atoms. The van der Waals surface area contributed by atoms with Crippen LogP contribution in [0.4, 0.5) is 0 Å². The number of allylic oxidation sites excluding steroid dienone is 2. The van der Waals surface area contributed by atoms with Crippen molar-refractivity contribution in [1.29, 1.82) is 0 Å². The highest BCUT2D eigenvalue weighted by Gasteiger charge is 1.85. The Balaban J connectivity index is 4.11. The molecule has 0 aromatic carbocycles. The molecule has 0 amide bonds. The summed E-state index contributed by atoms with van der Waals surface area (Å²) in [6.07, 6.45) is 2.98. The number of hydrogen-bond donors (Lipinski definition) is 2. The Morgan fingerprint density at radius 2 is 2.30 bits per heavy atom. The molecule has 0 fully saturated rings. The van der Waals surface area contributed by atoms with E-state index in [9.17, 15) is 0 Å². The van der Waals surface area contributed by atoms with E-state index in [1.165, 1.54) is 6.08 Å². The van der Waals surface area contributed by atoms with Crippen LogP contribution in [0.25, 0.3) is 0 Å². The second-order valence-corrected chi connectivity index (χ2v) is 1.79. The van der Waals surface area contributed by atoms with E-state index in [0.29, 0.717) is 0 Å². The minimum Gasteiger partial charge on any atom is -0.493 e. The van der Waals surface area contributed by atoms with Crippen molar-refractivity contribution >= 4 is 6.72 Å². The second kappa shape index (κ2) is 4.76. The van der Waals surface area contributed by atoms with E-state index in [2.05, 4.69) is 11.7 Å². The molecule has 0 unspecified atom stereocenters. The van der Waals surface area contributed by atoms with Gasteiger partial charge >= 0.3 is 0 Å². The van der Waals surface area contributed by atoms with E-state index in [4.69, 9.17) is 10.2 Å². The minimum atomic E-state index is -0.137. The summed E-state index contributed by atoms with van der Waals surface area (Å²) in [5.74, 6) is -0.137. The van der Waals surface area contributed by atoms with Crippen molar-refractivity contribution in [3.63, 3.8) is 0 Å². The zero-order chi connectivity index (χ0) is 7.98. The van der Waals surface area contributed by atoms with Crippen LogP contribution < -0.4 is 0 Å². The first kappa shape index (κ1) is 8.91. The van der Waals surface area contributed by atoms with Crippen molar-refractivity contribution in [3.8, 4) is 0 Å². The molecule has 3 nitrogen and oxygen atoms in total. The van der Waals surface area contributed by atoms with Gasteiger partial charge in [-0.1, -0.05) is 6.08 Å². The van der Waals surface area contributed by atoms with Crippen molar-refractivity contribution in [1.82, 2.24) is 0 Å². The Morgan fingerprint density at radius 1 is 1.70 bits per heavy atom. The van der Waals surface area contributed by atoms with Gasteiger partial charge in [0.25, 0.3) is 0 Å². The van der Waals surface area contributed by atoms with Gasteiger partial charge in [-0.05, 0) is 19.2 Å². The highest BCUT2D eigenvalue weighted by molar-refractivity contribution is 5.29. The van der Waals surface area contributed by atoms with E-state index in [0.717, 1.165) is 5.57 Å². The number of nitrogens with zero attached hydrogens (tertiary/aromatic N) is 1. The summed E-state index contributed by atoms with van der Waals surface area (Å²) in [6, 6.07) is 0. The van der Waals surface area contributed by atoms with Crippen molar-refractivity contribution < 1.29 is 10.2 Å². The smallest absolute Gasteiger partial charge is 0.210 e. The van der Waals surface area contributed by atoms with Gasteiger partial charge in [-0.3, -0.25) is 0 Å². The molecule has 0 saturated heterocycles. The first-order chi connectivity index (χ1) is 4.70. The third-order valence-electron chi connectivity index (χ3n) is 0.932. The van der Waals surface area contributed by atoms with E-state index >= 15 is 0 Å². The number of aliphatic hydroxyl groups is 2. The summed E-state index contributed by atoms with van der Waals surface area (Å²) in [6.45, 7) is 4.83. The predicted molar refractivity (Wildman–Crippen MR) is 41.1 cm³/mol. The van der Waals surface area contributed by atoms with Gasteiger partial charge in [0, 0.05) is 6.08 Å². The molecule has 0 aliphatic heterocycles. The predicted octanol–water partition coefficient (Wildman–Crippen LogP) is 1.02. The zero-order valence-electron chi connectivity index (χ0n) is 5.91. The van der Waals surface area contributed by atoms with Crippen molar-refractivity contribution in [2.24, 2.45) is 4.99 Å². The molecule has 0 bridgehead atoms. The normalized spacial score (nSPS) is 13.4. The Morgan fingerprint density at radius 3 is 2.70 bits per heavy atom. The van der Waals surface area contributed by atoms with Crippen LogP contribution >= 0.6 is 0 Å². The summed E-state index contributed by atoms with van der Waals surface area (Å²) in [5, 5.41) is 17.2. The van der Waals surface area contributed by atoms with E-state index < -0.39 is 0 Å². The summed E-state index contributed by atoms with van der Waals surface area (Å²) >= 11 is 0. The number of aliphatic imine (C=N–C) groups is 1. The summed E-state index contributed by atoms with van der Waals surface area (Å²) in [5.41, 5.74) is 0.757. The van der Waals surface area contributed by atoms with Crippen LogP contribution in [-0.4, -0.2) is 23.5 Å². The van der Waals surface area contributed by atoms with Gasteiger partial charge < -0.3 is 10.2 Å². The molecule has 2 N–H and O–H groups in total. The van der Waals surface area contributed by atoms with Gasteiger partial charge in [-0.15, -0.1) is 0 Å². The average molecular weight is 141 g/mol. The maximum absolute atomic E-state index is 8.76. The fourth-order valence-corrected chi connectivity index (χ4v) is 0.452. The molecule has 0 aliphatic carbocycles. The van der Waals surface area contributed by atoms with Crippen LogP contribution in [0, 0.1) is 0 Å². The second-order valence-electron chi connectivity index (χ2n) is 1.79. The molecule has 0 heterocycles. The van der Waals surface area contributed by atoms with Crippen molar-refractivity contribution in [2.75, 3.05) is 6.61 Å². The quantitative estimate of drug-likeness (QED) is 0.350. The van der Waals surface area contributed by atoms with E-state index in [1.807, 2.05) is 0 Å². The topological polar surface area (TPSA) is 52.8 Å². The Kier molecular flexibility index (Phi) is 4.24. The fourth-order valence-electron chi connectivity index (χ4n) is 0.452. The molecule has 0 rings (SSSR count). The molecular weight excluding hydrogens is 130 g/mol. The van der Waals surface area contributed by atoms with Gasteiger partial charge in [-0.2, -0.15) is 0 Å². The summed E-state index contributed by atoms with van der Waals surface area (Å²) < 4.78 is 0. The van der Waals surface area contributed by atoms with Crippen LogP contribution in [0.1, 0.15) is 6.92 Å². The third-order valence-corrected chi connectivity index (χ3v) is 0.932. The summed E-state index contributed by atoms with van der Waals surface area (Å²) in [7, 11) is 0. The lowest BCUT2D eigenvalue weighted by Crippen LogP contribution is -1.79. The lowest BCUT2D eigenvalue weighted by Gasteiger charge is -1.90. The first-order valence-electron chi connectivity index (χ1n) is 2.85. The maximum atomic E-state index is 8.76. The van der Waals surface area contributed by atoms with Gasteiger partial charge in [-0.25, -0.2) is 4.99 Å². The molecule has 0 saturated carbocycles. The Labute approximate surface area is 60.0 Å². The van der Waals surface area contributed by atoms with Gasteiger partial charge in [0.15, 0.2) is 0 Å². The maximum Gasteiger partial charge on any atom is 0.210 e. The van der Waals surface area contributed by atoms with Gasteiger partial charge in [0.05, 0.1) is 6.61 Å². The monoisotopic (exact) mass is 141 g/mol. The number of rotatable bonds is 3. The van der Waals surface area contributed by atoms with Crippen LogP contribution in [-0.2, 0) is 0 Å². The molecule has 0 atom stereocenters. The van der Waals surface area contributed by atoms with Crippen LogP contribution in [0.5, 0.6) is 0 Å². The number of aliphatic hydroxyl groups excluding tert-OH is 2. The Bertz CT molecular complexity index is 170. The molecule has 3 heteroatoms. The molecule has 0 radical (unpaired) electrons. The first-order valence-corrected chi connectivity index (χ1v) is 2.85. The van der Waals surface area contributed by atoms with Crippen LogP contribution in [0.2, 0.25) is 0 Å². The molecular formula is C7H11NO2. The van der Waals surface area contributed by atoms with Crippen molar-refractivity contribution in [3.05, 3.63) is 23.6 Å². The number of hydrogen-bond acceptors (Lipinski definition) is 3. The summed E-state index contributed by atoms with van der Waals surface area (Å²) in [4.78, 5) is 3.25. The van der Waals surface area contributed by atoms with E-state index in [-0.39, 0.29) is 12.5 Å². The van der Waals surface area contributed by atoms with Gasteiger partial charge in [0.1, 0.15) is 0 Å². The SMILES string of the molecule is C=N/C(O)=C\C(C)=C/CO. The Hall–Kier alpha value is -1.09. The largest absolute Gasteiger partial charge is 0.493 e. The molecule has 56 valence electrons. The average Bonchev–Trinajstić information content (AvgIpc) is 1.88. The highest BCUT2D eigenvalue weighted by atomic mass is 16.3. The standard InChI is InChI=1S/C7H11NO2/c1-6(3-4-9)5-7(10)8-2/h3,5,9-10H,2,4H2,1H3/b6-3-,7-5+. The molecule has 0 aromatic rings. The molecule has 0 aromatic heterocycles. The van der Waals surface area contributed by atoms with E-state index in [1.54, 1.807) is 13.0 Å². The minimum absolute atomic E-state index is 0.0350. The highest BCUT2D eigenvalue weighted by Crippen LogP contribution is 1.98. The van der Waals surface area contributed by atoms with Crippen LogP contribution in [0.3, 0.4) is 0 Å². The fraction of sp³-hybridized carbons (Fsp3) is 0.286. The van der Waals surface area contributed by atoms with Gasteiger partial charge in [0.2, 0.25) is 5.88 Å². The molecule has 0 aliphatic rings. The van der Waals surface area contributed by atoms with Crippen molar-refractivity contribution in [2.45, 2.75) is 6.92 Å². The molecule has 0 spiro atoms. The third kappa shape index (κ3) is 3.86. The zero-order valence-corrected chi connectivity index (χ0v) is 5.91.